The van der Waals surface area contributed by atoms with Gasteiger partial charge in [-0.15, -0.1) is 0 Å². The van der Waals surface area contributed by atoms with Crippen molar-refractivity contribution < 1.29 is 24.2 Å². The molecular weight excluding hydrogens is 444 g/mol. The number of anilines is 1. The van der Waals surface area contributed by atoms with Crippen LogP contribution in [0.1, 0.15) is 53.6 Å². The Morgan fingerprint density at radius 1 is 0.914 bits per heavy atom. The van der Waals surface area contributed by atoms with Crippen LogP contribution in [0.2, 0.25) is 0 Å². The van der Waals surface area contributed by atoms with E-state index in [1.807, 2.05) is 31.2 Å². The summed E-state index contributed by atoms with van der Waals surface area (Å²) in [5.74, 6) is -1.44. The lowest BCUT2D eigenvalue weighted by Gasteiger charge is -2.19. The Morgan fingerprint density at radius 3 is 2.14 bits per heavy atom. The Balaban J connectivity index is 1.30. The summed E-state index contributed by atoms with van der Waals surface area (Å²) in [7, 11) is 0. The van der Waals surface area contributed by atoms with E-state index in [1.165, 1.54) is 17.2 Å². The predicted molar refractivity (Wildman–Crippen MR) is 134 cm³/mol. The van der Waals surface area contributed by atoms with Gasteiger partial charge in [0.2, 0.25) is 5.91 Å². The van der Waals surface area contributed by atoms with Crippen LogP contribution in [0.4, 0.5) is 10.5 Å². The molecule has 1 aliphatic rings. The normalized spacial score (nSPS) is 12.8. The molecule has 1 atom stereocenters. The maximum atomic E-state index is 12.5. The monoisotopic (exact) mass is 472 g/mol. The predicted octanol–water partition coefficient (Wildman–Crippen LogP) is 5.42. The summed E-state index contributed by atoms with van der Waals surface area (Å²) in [5, 5.41) is 14.8. The van der Waals surface area contributed by atoms with Gasteiger partial charge < -0.3 is 20.5 Å². The van der Waals surface area contributed by atoms with Crippen molar-refractivity contribution >= 4 is 23.7 Å². The second-order valence-corrected chi connectivity index (χ2v) is 8.51. The van der Waals surface area contributed by atoms with Gasteiger partial charge >= 0.3 is 12.1 Å². The third-order valence-corrected chi connectivity index (χ3v) is 6.31. The van der Waals surface area contributed by atoms with E-state index in [2.05, 4.69) is 34.9 Å². The third-order valence-electron chi connectivity index (χ3n) is 6.31. The average molecular weight is 473 g/mol. The van der Waals surface area contributed by atoms with Crippen LogP contribution in [-0.4, -0.2) is 35.7 Å². The van der Waals surface area contributed by atoms with Crippen LogP contribution in [0, 0.1) is 0 Å². The molecule has 0 saturated carbocycles. The number of ether oxygens (including phenoxy) is 1. The van der Waals surface area contributed by atoms with Gasteiger partial charge in [-0.05, 0) is 47.2 Å². The van der Waals surface area contributed by atoms with Crippen LogP contribution in [0.15, 0.2) is 72.8 Å². The molecule has 0 bridgehead atoms. The molecule has 0 heterocycles. The first-order valence-corrected chi connectivity index (χ1v) is 11.7. The Labute approximate surface area is 204 Å². The van der Waals surface area contributed by atoms with E-state index >= 15 is 0 Å². The molecule has 2 amide bonds. The van der Waals surface area contributed by atoms with Crippen molar-refractivity contribution in [3.8, 4) is 11.1 Å². The number of carboxylic acids is 1. The lowest BCUT2D eigenvalue weighted by Crippen LogP contribution is -2.36. The lowest BCUT2D eigenvalue weighted by molar-refractivity contribution is -0.116. The summed E-state index contributed by atoms with van der Waals surface area (Å²) < 4.78 is 5.60. The average Bonchev–Trinajstić information content (AvgIpc) is 3.19. The highest BCUT2D eigenvalue weighted by Gasteiger charge is 2.29. The zero-order valence-corrected chi connectivity index (χ0v) is 19.5. The fourth-order valence-electron chi connectivity index (χ4n) is 4.48. The molecule has 7 nitrogen and oxygen atoms in total. The number of benzene rings is 3. The van der Waals surface area contributed by atoms with Crippen molar-refractivity contribution in [2.75, 3.05) is 11.9 Å². The Hall–Kier alpha value is -4.13. The molecule has 180 valence electrons. The molecule has 0 saturated heterocycles. The summed E-state index contributed by atoms with van der Waals surface area (Å²) in [6.45, 7) is 2.15. The standard InChI is InChI=1S/C28H28N2O5/c1-2-18(15-16-26(31)30-25-14-8-7-13-23(25)27(32)33)29-28(34)35-17-24-21-11-5-3-9-19(21)20-10-4-6-12-22(20)24/h3-14,18,24H,2,15-17H2,1H3,(H,29,34)(H,30,31)(H,32,33). The van der Waals surface area contributed by atoms with Crippen LogP contribution >= 0.6 is 0 Å². The quantitative estimate of drug-likeness (QED) is 0.386. The van der Waals surface area contributed by atoms with E-state index in [9.17, 15) is 19.5 Å². The second kappa shape index (κ2) is 10.9. The van der Waals surface area contributed by atoms with Crippen molar-refractivity contribution in [2.45, 2.75) is 38.1 Å². The third kappa shape index (κ3) is 5.51. The maximum Gasteiger partial charge on any atom is 0.407 e. The molecule has 3 N–H and O–H groups in total. The fraction of sp³-hybridized carbons (Fsp3) is 0.250. The van der Waals surface area contributed by atoms with E-state index in [0.717, 1.165) is 11.1 Å². The number of hydrogen-bond donors (Lipinski definition) is 3. The van der Waals surface area contributed by atoms with Crippen LogP contribution in [0.3, 0.4) is 0 Å². The van der Waals surface area contributed by atoms with Gasteiger partial charge in [-0.3, -0.25) is 4.79 Å². The SMILES string of the molecule is CCC(CCC(=O)Nc1ccccc1C(=O)O)NC(=O)OCC1c2ccccc2-c2ccccc21. The van der Waals surface area contributed by atoms with E-state index in [-0.39, 0.29) is 42.1 Å². The summed E-state index contributed by atoms with van der Waals surface area (Å²) in [6, 6.07) is 22.3. The zero-order chi connectivity index (χ0) is 24.8. The first-order chi connectivity index (χ1) is 17.0. The number of para-hydroxylation sites is 1. The molecule has 0 spiro atoms. The number of nitrogens with one attached hydrogen (secondary N) is 2. The van der Waals surface area contributed by atoms with Crippen molar-refractivity contribution in [1.29, 1.82) is 0 Å². The number of carbonyl (C=O) groups is 3. The van der Waals surface area contributed by atoms with Gasteiger partial charge in [0.05, 0.1) is 11.3 Å². The molecule has 1 aliphatic carbocycles. The highest BCUT2D eigenvalue weighted by atomic mass is 16.5. The van der Waals surface area contributed by atoms with E-state index in [4.69, 9.17) is 4.74 Å². The van der Waals surface area contributed by atoms with Crippen molar-refractivity contribution in [3.05, 3.63) is 89.5 Å². The first-order valence-electron chi connectivity index (χ1n) is 11.7. The van der Waals surface area contributed by atoms with Gasteiger partial charge in [0, 0.05) is 18.4 Å². The number of carbonyl (C=O) groups excluding carboxylic acids is 2. The van der Waals surface area contributed by atoms with Gasteiger partial charge in [0.1, 0.15) is 6.61 Å². The highest BCUT2D eigenvalue weighted by Crippen LogP contribution is 2.44. The molecule has 3 aromatic carbocycles. The maximum absolute atomic E-state index is 12.5. The topological polar surface area (TPSA) is 105 Å². The molecule has 3 aromatic rings. The van der Waals surface area contributed by atoms with E-state index < -0.39 is 12.1 Å². The largest absolute Gasteiger partial charge is 0.478 e. The summed E-state index contributed by atoms with van der Waals surface area (Å²) in [6.07, 6.45) is 0.650. The first kappa shape index (κ1) is 24.0. The molecule has 4 rings (SSSR count). The van der Waals surface area contributed by atoms with Crippen LogP contribution < -0.4 is 10.6 Å². The number of carboxylic acid groups (broad SMARTS) is 1. The Bertz CT molecular complexity index is 1190. The smallest absolute Gasteiger partial charge is 0.407 e. The molecule has 0 fully saturated rings. The van der Waals surface area contributed by atoms with Crippen molar-refractivity contribution in [3.63, 3.8) is 0 Å². The van der Waals surface area contributed by atoms with E-state index in [0.29, 0.717) is 12.8 Å². The number of aromatic carboxylic acids is 1. The molecule has 0 radical (unpaired) electrons. The van der Waals surface area contributed by atoms with Crippen molar-refractivity contribution in [1.82, 2.24) is 5.32 Å². The summed E-state index contributed by atoms with van der Waals surface area (Å²) in [4.78, 5) is 36.2. The highest BCUT2D eigenvalue weighted by molar-refractivity contribution is 6.00. The number of alkyl carbamates (subject to hydrolysis) is 1. The second-order valence-electron chi connectivity index (χ2n) is 8.51. The molecular formula is C28H28N2O5. The van der Waals surface area contributed by atoms with Gasteiger partial charge in [0.15, 0.2) is 0 Å². The van der Waals surface area contributed by atoms with Gasteiger partial charge in [-0.1, -0.05) is 67.6 Å². The number of rotatable bonds is 9. The van der Waals surface area contributed by atoms with Crippen LogP contribution in [0.25, 0.3) is 11.1 Å². The number of fused-ring (bicyclic) bond motifs is 3. The molecule has 1 unspecified atom stereocenters. The van der Waals surface area contributed by atoms with Gasteiger partial charge in [-0.25, -0.2) is 9.59 Å². The Morgan fingerprint density at radius 2 is 1.51 bits per heavy atom. The number of amides is 2. The lowest BCUT2D eigenvalue weighted by atomic mass is 9.98. The molecule has 35 heavy (non-hydrogen) atoms. The van der Waals surface area contributed by atoms with Gasteiger partial charge in [0.25, 0.3) is 0 Å². The Kier molecular flexibility index (Phi) is 7.45. The minimum Gasteiger partial charge on any atom is -0.478 e. The van der Waals surface area contributed by atoms with E-state index in [1.54, 1.807) is 18.2 Å². The minimum absolute atomic E-state index is 0.0201. The van der Waals surface area contributed by atoms with Crippen LogP contribution in [-0.2, 0) is 9.53 Å². The summed E-state index contributed by atoms with van der Waals surface area (Å²) >= 11 is 0. The number of hydrogen-bond acceptors (Lipinski definition) is 4. The van der Waals surface area contributed by atoms with Crippen LogP contribution in [0.5, 0.6) is 0 Å². The van der Waals surface area contributed by atoms with Crippen molar-refractivity contribution in [2.24, 2.45) is 0 Å². The molecule has 0 aliphatic heterocycles. The fourth-order valence-corrected chi connectivity index (χ4v) is 4.48. The van der Waals surface area contributed by atoms with Gasteiger partial charge in [-0.2, -0.15) is 0 Å². The minimum atomic E-state index is -1.11. The molecule has 0 aromatic heterocycles. The zero-order valence-electron chi connectivity index (χ0n) is 19.5. The summed E-state index contributed by atoms with van der Waals surface area (Å²) in [5.41, 5.74) is 4.91. The molecule has 7 heteroatoms.